The SMILES string of the molecule is C#Cc1cc(C)c2cc(C(=O)c3c(Cl)ccc(C(=C)O)c3Cl)n(C)c2c1. The Hall–Kier alpha value is -2.67. The first-order valence-corrected chi connectivity index (χ1v) is 8.49. The first kappa shape index (κ1) is 18.1. The van der Waals surface area contributed by atoms with E-state index in [1.54, 1.807) is 17.7 Å². The summed E-state index contributed by atoms with van der Waals surface area (Å²) in [6, 6.07) is 8.58. The second-order valence-electron chi connectivity index (χ2n) is 6.02. The first-order chi connectivity index (χ1) is 12.3. The number of aliphatic hydroxyl groups excluding tert-OH is 1. The quantitative estimate of drug-likeness (QED) is 0.366. The van der Waals surface area contributed by atoms with Crippen molar-refractivity contribution >= 4 is 45.6 Å². The second kappa shape index (κ2) is 6.57. The van der Waals surface area contributed by atoms with Crippen molar-refractivity contribution in [1.29, 1.82) is 0 Å². The highest BCUT2D eigenvalue weighted by Gasteiger charge is 2.23. The summed E-state index contributed by atoms with van der Waals surface area (Å²) in [6.07, 6.45) is 5.51. The molecular formula is C21H15Cl2NO2. The van der Waals surface area contributed by atoms with Crippen LogP contribution in [0.1, 0.15) is 32.7 Å². The summed E-state index contributed by atoms with van der Waals surface area (Å²) in [5.41, 5.74) is 3.37. The molecule has 26 heavy (non-hydrogen) atoms. The number of rotatable bonds is 3. The third kappa shape index (κ3) is 2.78. The first-order valence-electron chi connectivity index (χ1n) is 7.74. The van der Waals surface area contributed by atoms with E-state index in [4.69, 9.17) is 29.6 Å². The van der Waals surface area contributed by atoms with Crippen LogP contribution >= 0.6 is 23.2 Å². The van der Waals surface area contributed by atoms with E-state index in [-0.39, 0.29) is 32.7 Å². The fourth-order valence-corrected chi connectivity index (χ4v) is 3.67. The Bertz CT molecular complexity index is 1130. The minimum Gasteiger partial charge on any atom is -0.508 e. The van der Waals surface area contributed by atoms with Gasteiger partial charge in [-0.15, -0.1) is 6.42 Å². The molecule has 0 saturated heterocycles. The molecule has 1 aromatic heterocycles. The van der Waals surface area contributed by atoms with Crippen molar-refractivity contribution < 1.29 is 9.90 Å². The van der Waals surface area contributed by atoms with Gasteiger partial charge in [0, 0.05) is 29.1 Å². The third-order valence-corrected chi connectivity index (χ3v) is 5.10. The third-order valence-electron chi connectivity index (χ3n) is 4.40. The molecule has 3 nitrogen and oxygen atoms in total. The number of aryl methyl sites for hydroxylation is 2. The molecular weight excluding hydrogens is 369 g/mol. The maximum Gasteiger partial charge on any atom is 0.212 e. The molecule has 0 spiro atoms. The van der Waals surface area contributed by atoms with Gasteiger partial charge in [-0.05, 0) is 42.8 Å². The number of aromatic nitrogens is 1. The number of fused-ring (bicyclic) bond motifs is 1. The van der Waals surface area contributed by atoms with Crippen molar-refractivity contribution in [1.82, 2.24) is 4.57 Å². The molecule has 3 aromatic rings. The van der Waals surface area contributed by atoms with Gasteiger partial charge in [-0.1, -0.05) is 35.7 Å². The average molecular weight is 384 g/mol. The van der Waals surface area contributed by atoms with E-state index in [0.717, 1.165) is 22.0 Å². The fraction of sp³-hybridized carbons (Fsp3) is 0.0952. The molecule has 0 aliphatic heterocycles. The minimum absolute atomic E-state index is 0.0706. The second-order valence-corrected chi connectivity index (χ2v) is 6.80. The molecule has 0 fully saturated rings. The summed E-state index contributed by atoms with van der Waals surface area (Å²) < 4.78 is 1.76. The number of benzene rings is 2. The van der Waals surface area contributed by atoms with Gasteiger partial charge in [0.05, 0.1) is 21.3 Å². The summed E-state index contributed by atoms with van der Waals surface area (Å²) in [4.78, 5) is 13.2. The molecule has 0 aliphatic carbocycles. The van der Waals surface area contributed by atoms with Gasteiger partial charge in [0.25, 0.3) is 0 Å². The van der Waals surface area contributed by atoms with Crippen LogP contribution in [0.3, 0.4) is 0 Å². The number of ketones is 1. The Balaban J connectivity index is 2.26. The zero-order valence-electron chi connectivity index (χ0n) is 14.2. The zero-order valence-corrected chi connectivity index (χ0v) is 15.7. The Kier molecular flexibility index (Phi) is 4.58. The normalized spacial score (nSPS) is 10.7. The van der Waals surface area contributed by atoms with Gasteiger partial charge >= 0.3 is 0 Å². The van der Waals surface area contributed by atoms with E-state index in [0.29, 0.717) is 5.69 Å². The maximum atomic E-state index is 13.2. The minimum atomic E-state index is -0.344. The number of aliphatic hydroxyl groups is 1. The summed E-state index contributed by atoms with van der Waals surface area (Å²) >= 11 is 12.6. The van der Waals surface area contributed by atoms with Gasteiger partial charge in [0.2, 0.25) is 5.78 Å². The van der Waals surface area contributed by atoms with E-state index < -0.39 is 0 Å². The monoisotopic (exact) mass is 383 g/mol. The average Bonchev–Trinajstić information content (AvgIpc) is 2.92. The van der Waals surface area contributed by atoms with Gasteiger partial charge < -0.3 is 9.67 Å². The van der Waals surface area contributed by atoms with Crippen LogP contribution in [0.15, 0.2) is 36.9 Å². The number of hydrogen-bond acceptors (Lipinski definition) is 2. The number of carbonyl (C=O) groups is 1. The molecule has 0 amide bonds. The molecule has 130 valence electrons. The molecule has 0 saturated carbocycles. The predicted molar refractivity (Wildman–Crippen MR) is 107 cm³/mol. The van der Waals surface area contributed by atoms with Crippen LogP contribution < -0.4 is 0 Å². The van der Waals surface area contributed by atoms with Crippen molar-refractivity contribution in [3.8, 4) is 12.3 Å². The van der Waals surface area contributed by atoms with Crippen LogP contribution in [0, 0.1) is 19.3 Å². The van der Waals surface area contributed by atoms with Crippen LogP contribution in [0.25, 0.3) is 16.7 Å². The van der Waals surface area contributed by atoms with Gasteiger partial charge in [-0.3, -0.25) is 4.79 Å². The molecule has 0 atom stereocenters. The Morgan fingerprint density at radius 2 is 1.96 bits per heavy atom. The number of terminal acetylenes is 1. The standard InChI is InChI=1S/C21H15Cl2NO2/c1-5-13-8-11(2)15-10-18(24(4)17(15)9-13)21(26)19-16(22)7-6-14(12(3)25)20(19)23/h1,6-10,25H,3H2,2,4H3. The fourth-order valence-electron chi connectivity index (χ4n) is 3.02. The van der Waals surface area contributed by atoms with Crippen molar-refractivity contribution in [2.24, 2.45) is 7.05 Å². The zero-order chi connectivity index (χ0) is 19.2. The Labute approximate surface area is 161 Å². The van der Waals surface area contributed by atoms with Crippen molar-refractivity contribution in [2.75, 3.05) is 0 Å². The largest absolute Gasteiger partial charge is 0.508 e. The lowest BCUT2D eigenvalue weighted by Gasteiger charge is -2.11. The molecule has 3 rings (SSSR count). The predicted octanol–water partition coefficient (Wildman–Crippen LogP) is 5.53. The van der Waals surface area contributed by atoms with E-state index in [9.17, 15) is 9.90 Å². The Morgan fingerprint density at radius 1 is 1.27 bits per heavy atom. The Morgan fingerprint density at radius 3 is 2.58 bits per heavy atom. The van der Waals surface area contributed by atoms with Crippen LogP contribution in [-0.2, 0) is 7.05 Å². The smallest absolute Gasteiger partial charge is 0.212 e. The van der Waals surface area contributed by atoms with Crippen LogP contribution in [0.4, 0.5) is 0 Å². The van der Waals surface area contributed by atoms with Crippen molar-refractivity contribution in [3.05, 3.63) is 74.9 Å². The number of nitrogens with zero attached hydrogens (tertiary/aromatic N) is 1. The van der Waals surface area contributed by atoms with Gasteiger partial charge in [0.15, 0.2) is 0 Å². The van der Waals surface area contributed by atoms with Crippen LogP contribution in [0.5, 0.6) is 0 Å². The lowest BCUT2D eigenvalue weighted by molar-refractivity contribution is 0.103. The molecule has 1 N–H and O–H groups in total. The molecule has 0 radical (unpaired) electrons. The highest BCUT2D eigenvalue weighted by Crippen LogP contribution is 2.34. The molecule has 5 heteroatoms. The number of halogens is 2. The lowest BCUT2D eigenvalue weighted by atomic mass is 10.0. The van der Waals surface area contributed by atoms with E-state index in [1.807, 2.05) is 19.1 Å². The van der Waals surface area contributed by atoms with E-state index in [1.165, 1.54) is 12.1 Å². The summed E-state index contributed by atoms with van der Waals surface area (Å²) in [5, 5.41) is 10.9. The highest BCUT2D eigenvalue weighted by molar-refractivity contribution is 6.42. The molecule has 0 unspecified atom stereocenters. The number of carbonyl (C=O) groups excluding carboxylic acids is 1. The molecule has 0 aliphatic rings. The van der Waals surface area contributed by atoms with Gasteiger partial charge in [-0.2, -0.15) is 0 Å². The lowest BCUT2D eigenvalue weighted by Crippen LogP contribution is -2.09. The topological polar surface area (TPSA) is 42.2 Å². The number of hydrogen-bond donors (Lipinski definition) is 1. The van der Waals surface area contributed by atoms with Gasteiger partial charge in [-0.25, -0.2) is 0 Å². The van der Waals surface area contributed by atoms with E-state index in [2.05, 4.69) is 12.5 Å². The van der Waals surface area contributed by atoms with Crippen LogP contribution in [0.2, 0.25) is 10.0 Å². The highest BCUT2D eigenvalue weighted by atomic mass is 35.5. The van der Waals surface area contributed by atoms with Crippen LogP contribution in [-0.4, -0.2) is 15.5 Å². The molecule has 0 bridgehead atoms. The van der Waals surface area contributed by atoms with Crippen molar-refractivity contribution in [3.63, 3.8) is 0 Å². The summed E-state index contributed by atoms with van der Waals surface area (Å²) in [5.74, 6) is 2.04. The van der Waals surface area contributed by atoms with Crippen molar-refractivity contribution in [2.45, 2.75) is 6.92 Å². The summed E-state index contributed by atoms with van der Waals surface area (Å²) in [6.45, 7) is 5.40. The molecule has 2 aromatic carbocycles. The molecule has 1 heterocycles. The van der Waals surface area contributed by atoms with Gasteiger partial charge in [0.1, 0.15) is 5.76 Å². The maximum absolute atomic E-state index is 13.2. The van der Waals surface area contributed by atoms with E-state index >= 15 is 0 Å². The summed E-state index contributed by atoms with van der Waals surface area (Å²) in [7, 11) is 1.78.